The first-order valence-corrected chi connectivity index (χ1v) is 9.07. The lowest BCUT2D eigenvalue weighted by Gasteiger charge is -2.37. The molecule has 1 atom stereocenters. The molecule has 1 aromatic rings. The summed E-state index contributed by atoms with van der Waals surface area (Å²) in [7, 11) is 0. The van der Waals surface area contributed by atoms with Gasteiger partial charge in [0.1, 0.15) is 0 Å². The van der Waals surface area contributed by atoms with Crippen molar-refractivity contribution in [2.75, 3.05) is 19.6 Å². The maximum atomic E-state index is 3.76. The van der Waals surface area contributed by atoms with Crippen molar-refractivity contribution >= 4 is 11.3 Å². The second-order valence-electron chi connectivity index (χ2n) is 7.05. The van der Waals surface area contributed by atoms with Crippen LogP contribution in [0.3, 0.4) is 0 Å². The van der Waals surface area contributed by atoms with Gasteiger partial charge in [0.05, 0.1) is 0 Å². The van der Waals surface area contributed by atoms with Crippen LogP contribution in [0.4, 0.5) is 0 Å². The van der Waals surface area contributed by atoms with Gasteiger partial charge >= 0.3 is 0 Å². The minimum atomic E-state index is 0.435. The van der Waals surface area contributed by atoms with Crippen molar-refractivity contribution in [3.05, 3.63) is 21.9 Å². The Hall–Kier alpha value is -0.380. The summed E-state index contributed by atoms with van der Waals surface area (Å²) in [5, 5.41) is 6.02. The second-order valence-corrected chi connectivity index (χ2v) is 8.05. The maximum Gasteiger partial charge on any atom is 0.0245 e. The maximum absolute atomic E-state index is 3.76. The highest BCUT2D eigenvalue weighted by atomic mass is 32.1. The molecule has 1 aliphatic carbocycles. The minimum absolute atomic E-state index is 0.435. The van der Waals surface area contributed by atoms with Crippen LogP contribution in [-0.4, -0.2) is 30.6 Å². The van der Waals surface area contributed by atoms with Crippen molar-refractivity contribution in [1.82, 2.24) is 10.2 Å². The molecule has 1 N–H and O–H groups in total. The number of rotatable bonds is 7. The van der Waals surface area contributed by atoms with Gasteiger partial charge in [-0.05, 0) is 48.1 Å². The van der Waals surface area contributed by atoms with E-state index in [0.717, 1.165) is 6.04 Å². The second kappa shape index (κ2) is 6.17. The predicted octanol–water partition coefficient (Wildman–Crippen LogP) is 3.66. The fourth-order valence-corrected chi connectivity index (χ4v) is 4.38. The Balaban J connectivity index is 1.58. The summed E-state index contributed by atoms with van der Waals surface area (Å²) in [4.78, 5) is 4.30. The zero-order valence-electron chi connectivity index (χ0n) is 13.0. The number of fused-ring (bicyclic) bond motifs is 1. The topological polar surface area (TPSA) is 15.3 Å². The molecule has 1 saturated carbocycles. The molecule has 0 radical (unpaired) electrons. The van der Waals surface area contributed by atoms with Gasteiger partial charge in [0.25, 0.3) is 0 Å². The van der Waals surface area contributed by atoms with Gasteiger partial charge in [-0.25, -0.2) is 0 Å². The summed E-state index contributed by atoms with van der Waals surface area (Å²) in [6, 6.07) is 3.15. The lowest BCUT2D eigenvalue weighted by Crippen LogP contribution is -2.44. The summed E-state index contributed by atoms with van der Waals surface area (Å²) in [6.07, 6.45) is 6.67. The highest BCUT2D eigenvalue weighted by Crippen LogP contribution is 2.30. The van der Waals surface area contributed by atoms with E-state index in [9.17, 15) is 0 Å². The standard InChI is InChI=1S/C17H28N2S/c1-3-8-17(2,12-18-15-4-5-15)13-19-9-6-16-14(11-19)7-10-20-16/h7,10,15,18H,3-6,8-9,11-13H2,1-2H3. The summed E-state index contributed by atoms with van der Waals surface area (Å²) in [5.41, 5.74) is 2.01. The molecular weight excluding hydrogens is 264 g/mol. The molecule has 0 aromatic carbocycles. The van der Waals surface area contributed by atoms with E-state index < -0.39 is 0 Å². The number of hydrogen-bond donors (Lipinski definition) is 1. The number of thiophene rings is 1. The first-order valence-electron chi connectivity index (χ1n) is 8.19. The van der Waals surface area contributed by atoms with Gasteiger partial charge in [0, 0.05) is 37.1 Å². The highest BCUT2D eigenvalue weighted by molar-refractivity contribution is 7.10. The summed E-state index contributed by atoms with van der Waals surface area (Å²) in [5.74, 6) is 0. The van der Waals surface area contributed by atoms with E-state index in [1.165, 1.54) is 58.3 Å². The van der Waals surface area contributed by atoms with Crippen LogP contribution in [0.25, 0.3) is 0 Å². The van der Waals surface area contributed by atoms with Crippen LogP contribution in [0.5, 0.6) is 0 Å². The van der Waals surface area contributed by atoms with Crippen LogP contribution >= 0.6 is 11.3 Å². The Morgan fingerprint density at radius 3 is 3.05 bits per heavy atom. The van der Waals surface area contributed by atoms with Gasteiger partial charge in [0.2, 0.25) is 0 Å². The Morgan fingerprint density at radius 1 is 1.45 bits per heavy atom. The van der Waals surface area contributed by atoms with Crippen LogP contribution in [0.1, 0.15) is 50.0 Å². The first-order chi connectivity index (χ1) is 9.68. The smallest absolute Gasteiger partial charge is 0.0245 e. The van der Waals surface area contributed by atoms with Crippen LogP contribution in [-0.2, 0) is 13.0 Å². The van der Waals surface area contributed by atoms with Gasteiger partial charge in [-0.2, -0.15) is 0 Å². The molecule has 0 saturated heterocycles. The molecule has 1 unspecified atom stereocenters. The molecule has 2 aliphatic rings. The molecule has 2 heterocycles. The summed E-state index contributed by atoms with van der Waals surface area (Å²) in [6.45, 7) is 9.66. The molecule has 0 spiro atoms. The summed E-state index contributed by atoms with van der Waals surface area (Å²) >= 11 is 1.94. The van der Waals surface area contributed by atoms with Gasteiger partial charge in [-0.1, -0.05) is 20.3 Å². The number of nitrogens with one attached hydrogen (secondary N) is 1. The van der Waals surface area contributed by atoms with Crippen molar-refractivity contribution in [3.8, 4) is 0 Å². The molecule has 0 bridgehead atoms. The first kappa shape index (κ1) is 14.6. The van der Waals surface area contributed by atoms with E-state index in [1.807, 2.05) is 11.3 Å². The van der Waals surface area contributed by atoms with Crippen molar-refractivity contribution in [2.24, 2.45) is 5.41 Å². The van der Waals surface area contributed by atoms with Crippen molar-refractivity contribution in [2.45, 2.75) is 58.5 Å². The van der Waals surface area contributed by atoms with E-state index in [2.05, 4.69) is 35.5 Å². The average molecular weight is 292 g/mol. The number of hydrogen-bond acceptors (Lipinski definition) is 3. The molecule has 1 fully saturated rings. The third-order valence-electron chi connectivity index (χ3n) is 4.74. The third-order valence-corrected chi connectivity index (χ3v) is 5.76. The quantitative estimate of drug-likeness (QED) is 0.825. The molecular formula is C17H28N2S. The number of nitrogens with zero attached hydrogens (tertiary/aromatic N) is 1. The zero-order chi connectivity index (χ0) is 14.0. The Bertz CT molecular complexity index is 438. The molecule has 3 rings (SSSR count). The van der Waals surface area contributed by atoms with Gasteiger partial charge in [0.15, 0.2) is 0 Å². The largest absolute Gasteiger partial charge is 0.313 e. The molecule has 3 heteroatoms. The lowest BCUT2D eigenvalue weighted by atomic mass is 9.84. The summed E-state index contributed by atoms with van der Waals surface area (Å²) < 4.78 is 0. The van der Waals surface area contributed by atoms with Crippen LogP contribution in [0, 0.1) is 5.41 Å². The normalized spacial score (nSPS) is 22.5. The van der Waals surface area contributed by atoms with E-state index in [1.54, 1.807) is 10.4 Å². The fourth-order valence-electron chi connectivity index (χ4n) is 3.49. The minimum Gasteiger partial charge on any atom is -0.313 e. The van der Waals surface area contributed by atoms with Gasteiger partial charge in [-0.3, -0.25) is 4.90 Å². The van der Waals surface area contributed by atoms with Crippen molar-refractivity contribution < 1.29 is 0 Å². The molecule has 112 valence electrons. The third kappa shape index (κ3) is 3.63. The van der Waals surface area contributed by atoms with Gasteiger partial charge in [-0.15, -0.1) is 11.3 Å². The van der Waals surface area contributed by atoms with Crippen molar-refractivity contribution in [3.63, 3.8) is 0 Å². The van der Waals surface area contributed by atoms with E-state index in [-0.39, 0.29) is 0 Å². The Labute approximate surface area is 127 Å². The Morgan fingerprint density at radius 2 is 2.30 bits per heavy atom. The Kier molecular flexibility index (Phi) is 4.49. The van der Waals surface area contributed by atoms with E-state index >= 15 is 0 Å². The van der Waals surface area contributed by atoms with Crippen molar-refractivity contribution in [1.29, 1.82) is 0 Å². The van der Waals surface area contributed by atoms with Crippen LogP contribution < -0.4 is 5.32 Å². The van der Waals surface area contributed by atoms with Crippen LogP contribution in [0.2, 0.25) is 0 Å². The van der Waals surface area contributed by atoms with Crippen LogP contribution in [0.15, 0.2) is 11.4 Å². The lowest BCUT2D eigenvalue weighted by molar-refractivity contribution is 0.138. The van der Waals surface area contributed by atoms with Gasteiger partial charge < -0.3 is 5.32 Å². The van der Waals surface area contributed by atoms with E-state index in [0.29, 0.717) is 5.41 Å². The molecule has 1 aliphatic heterocycles. The monoisotopic (exact) mass is 292 g/mol. The predicted molar refractivity (Wildman–Crippen MR) is 87.3 cm³/mol. The zero-order valence-corrected chi connectivity index (χ0v) is 13.8. The highest BCUT2D eigenvalue weighted by Gasteiger charge is 2.31. The molecule has 2 nitrogen and oxygen atoms in total. The molecule has 1 aromatic heterocycles. The molecule has 20 heavy (non-hydrogen) atoms. The SMILES string of the molecule is CCCC(C)(CNC1CC1)CN1CCc2sccc2C1. The average Bonchev–Trinajstić information content (AvgIpc) is 3.14. The van der Waals surface area contributed by atoms with E-state index in [4.69, 9.17) is 0 Å². The molecule has 0 amide bonds. The fraction of sp³-hybridized carbons (Fsp3) is 0.765.